The number of likely N-dealkylation sites (N-methyl/N-ethyl adjacent to an activating group) is 1. The van der Waals surface area contributed by atoms with Gasteiger partial charge in [0.1, 0.15) is 0 Å². The highest BCUT2D eigenvalue weighted by atomic mass is 16.5. The fourth-order valence-corrected chi connectivity index (χ4v) is 2.56. The quantitative estimate of drug-likeness (QED) is 0.847. The van der Waals surface area contributed by atoms with Crippen LogP contribution in [-0.4, -0.2) is 27.8 Å². The Hall–Kier alpha value is -2.00. The normalized spacial score (nSPS) is 12.0. The number of ether oxygens (including phenoxy) is 2. The summed E-state index contributed by atoms with van der Waals surface area (Å²) in [5.41, 5.74) is 2.60. The lowest BCUT2D eigenvalue weighted by Crippen LogP contribution is -2.19. The average Bonchev–Trinajstić information content (AvgIpc) is 2.54. The van der Waals surface area contributed by atoms with Gasteiger partial charge in [0.2, 0.25) is 0 Å². The second-order valence-electron chi connectivity index (χ2n) is 5.06. The van der Waals surface area contributed by atoms with Gasteiger partial charge in [-0.15, -0.1) is 0 Å². The lowest BCUT2D eigenvalue weighted by atomic mass is 9.91. The van der Waals surface area contributed by atoms with E-state index in [1.807, 2.05) is 19.2 Å². The summed E-state index contributed by atoms with van der Waals surface area (Å²) in [6.45, 7) is 0.921. The molecule has 0 saturated carbocycles. The molecule has 3 nitrogen and oxygen atoms in total. The Bertz CT molecular complexity index is 554. The summed E-state index contributed by atoms with van der Waals surface area (Å²) in [7, 11) is 5.32. The monoisotopic (exact) mass is 285 g/mol. The van der Waals surface area contributed by atoms with Crippen LogP contribution in [0.1, 0.15) is 17.0 Å². The minimum absolute atomic E-state index is 0.400. The van der Waals surface area contributed by atoms with E-state index in [4.69, 9.17) is 9.47 Å². The summed E-state index contributed by atoms with van der Waals surface area (Å²) in [5.74, 6) is 1.95. The smallest absolute Gasteiger partial charge is 0.160 e. The van der Waals surface area contributed by atoms with Crippen molar-refractivity contribution in [2.75, 3.05) is 27.8 Å². The molecule has 3 heteroatoms. The van der Waals surface area contributed by atoms with Crippen molar-refractivity contribution in [1.29, 1.82) is 0 Å². The molecular formula is C18H23NO2. The van der Waals surface area contributed by atoms with Crippen LogP contribution in [0.3, 0.4) is 0 Å². The lowest BCUT2D eigenvalue weighted by molar-refractivity contribution is 0.354. The van der Waals surface area contributed by atoms with Gasteiger partial charge in [-0.05, 0) is 36.7 Å². The fourth-order valence-electron chi connectivity index (χ4n) is 2.56. The van der Waals surface area contributed by atoms with Gasteiger partial charge in [-0.25, -0.2) is 0 Å². The van der Waals surface area contributed by atoms with E-state index in [0.29, 0.717) is 5.92 Å². The molecule has 0 heterocycles. The van der Waals surface area contributed by atoms with E-state index in [0.717, 1.165) is 24.5 Å². The van der Waals surface area contributed by atoms with Crippen molar-refractivity contribution in [3.05, 3.63) is 59.7 Å². The molecule has 1 N–H and O–H groups in total. The predicted molar refractivity (Wildman–Crippen MR) is 86.4 cm³/mol. The van der Waals surface area contributed by atoms with E-state index in [1.54, 1.807) is 14.2 Å². The highest BCUT2D eigenvalue weighted by molar-refractivity contribution is 5.44. The van der Waals surface area contributed by atoms with Gasteiger partial charge < -0.3 is 14.8 Å². The van der Waals surface area contributed by atoms with Crippen LogP contribution in [0.25, 0.3) is 0 Å². The predicted octanol–water partition coefficient (Wildman–Crippen LogP) is 3.25. The molecule has 0 aliphatic rings. The molecule has 2 aromatic carbocycles. The Morgan fingerprint density at radius 3 is 2.29 bits per heavy atom. The van der Waals surface area contributed by atoms with Crippen molar-refractivity contribution in [3.63, 3.8) is 0 Å². The largest absolute Gasteiger partial charge is 0.493 e. The number of hydrogen-bond donors (Lipinski definition) is 1. The maximum atomic E-state index is 5.41. The van der Waals surface area contributed by atoms with Gasteiger partial charge >= 0.3 is 0 Å². The zero-order valence-corrected chi connectivity index (χ0v) is 12.9. The third kappa shape index (κ3) is 3.99. The summed E-state index contributed by atoms with van der Waals surface area (Å²) in [6.07, 6.45) is 0.997. The molecule has 0 aromatic heterocycles. The standard InChI is InChI=1S/C18H23NO2/c1-19-13-16(11-14-7-5-4-6-8-14)15-9-10-17(20-2)18(12-15)21-3/h4-10,12,16,19H,11,13H2,1-3H3/t16-/m1/s1. The zero-order chi connectivity index (χ0) is 15.1. The van der Waals surface area contributed by atoms with Gasteiger partial charge in [0.05, 0.1) is 14.2 Å². The number of nitrogens with one attached hydrogen (secondary N) is 1. The SMILES string of the molecule is CNC[C@@H](Cc1ccccc1)c1ccc(OC)c(OC)c1. The minimum Gasteiger partial charge on any atom is -0.493 e. The Labute approximate surface area is 126 Å². The van der Waals surface area contributed by atoms with Gasteiger partial charge in [0, 0.05) is 12.5 Å². The van der Waals surface area contributed by atoms with Gasteiger partial charge in [-0.3, -0.25) is 0 Å². The first-order valence-electron chi connectivity index (χ1n) is 7.19. The molecule has 0 amide bonds. The Balaban J connectivity index is 2.25. The molecule has 21 heavy (non-hydrogen) atoms. The number of hydrogen-bond acceptors (Lipinski definition) is 3. The van der Waals surface area contributed by atoms with Crippen LogP contribution in [0, 0.1) is 0 Å². The van der Waals surface area contributed by atoms with Crippen LogP contribution >= 0.6 is 0 Å². The first kappa shape index (κ1) is 15.4. The molecular weight excluding hydrogens is 262 g/mol. The van der Waals surface area contributed by atoms with Crippen LogP contribution in [0.15, 0.2) is 48.5 Å². The lowest BCUT2D eigenvalue weighted by Gasteiger charge is -2.19. The highest BCUT2D eigenvalue weighted by Gasteiger charge is 2.14. The van der Waals surface area contributed by atoms with Crippen LogP contribution in [-0.2, 0) is 6.42 Å². The molecule has 0 saturated heterocycles. The van der Waals surface area contributed by atoms with E-state index in [-0.39, 0.29) is 0 Å². The van der Waals surface area contributed by atoms with E-state index in [2.05, 4.69) is 41.7 Å². The molecule has 0 spiro atoms. The number of methoxy groups -OCH3 is 2. The van der Waals surface area contributed by atoms with Crippen molar-refractivity contribution in [1.82, 2.24) is 5.32 Å². The second-order valence-corrected chi connectivity index (χ2v) is 5.06. The minimum atomic E-state index is 0.400. The third-order valence-electron chi connectivity index (χ3n) is 3.65. The van der Waals surface area contributed by atoms with Crippen LogP contribution in [0.5, 0.6) is 11.5 Å². The molecule has 0 unspecified atom stereocenters. The average molecular weight is 285 g/mol. The third-order valence-corrected chi connectivity index (χ3v) is 3.65. The summed E-state index contributed by atoms with van der Waals surface area (Å²) >= 11 is 0. The number of benzene rings is 2. The maximum absolute atomic E-state index is 5.41. The molecule has 0 aliphatic heterocycles. The summed E-state index contributed by atoms with van der Waals surface area (Å²) in [4.78, 5) is 0. The molecule has 1 atom stereocenters. The van der Waals surface area contributed by atoms with Crippen molar-refractivity contribution < 1.29 is 9.47 Å². The van der Waals surface area contributed by atoms with Crippen LogP contribution < -0.4 is 14.8 Å². The van der Waals surface area contributed by atoms with Crippen molar-refractivity contribution in [2.45, 2.75) is 12.3 Å². The molecule has 0 radical (unpaired) electrons. The summed E-state index contributed by atoms with van der Waals surface area (Å²) in [5, 5.41) is 3.28. The molecule has 0 fully saturated rings. The topological polar surface area (TPSA) is 30.5 Å². The highest BCUT2D eigenvalue weighted by Crippen LogP contribution is 2.31. The second kappa shape index (κ2) is 7.70. The van der Waals surface area contributed by atoms with Gasteiger partial charge in [0.25, 0.3) is 0 Å². The van der Waals surface area contributed by atoms with Crippen molar-refractivity contribution >= 4 is 0 Å². The van der Waals surface area contributed by atoms with Crippen molar-refractivity contribution in [2.24, 2.45) is 0 Å². The molecule has 0 bridgehead atoms. The Morgan fingerprint density at radius 1 is 0.952 bits per heavy atom. The Morgan fingerprint density at radius 2 is 1.67 bits per heavy atom. The molecule has 112 valence electrons. The van der Waals surface area contributed by atoms with Crippen LogP contribution in [0.4, 0.5) is 0 Å². The van der Waals surface area contributed by atoms with Gasteiger partial charge in [-0.1, -0.05) is 36.4 Å². The molecule has 0 aliphatic carbocycles. The summed E-state index contributed by atoms with van der Waals surface area (Å²) in [6, 6.07) is 16.7. The maximum Gasteiger partial charge on any atom is 0.160 e. The Kier molecular flexibility index (Phi) is 5.64. The fraction of sp³-hybridized carbons (Fsp3) is 0.333. The van der Waals surface area contributed by atoms with Crippen LogP contribution in [0.2, 0.25) is 0 Å². The number of rotatable bonds is 7. The van der Waals surface area contributed by atoms with E-state index in [9.17, 15) is 0 Å². The summed E-state index contributed by atoms with van der Waals surface area (Å²) < 4.78 is 10.7. The molecule has 2 aromatic rings. The van der Waals surface area contributed by atoms with E-state index < -0.39 is 0 Å². The van der Waals surface area contributed by atoms with E-state index >= 15 is 0 Å². The van der Waals surface area contributed by atoms with Crippen molar-refractivity contribution in [3.8, 4) is 11.5 Å². The zero-order valence-electron chi connectivity index (χ0n) is 12.9. The first-order valence-corrected chi connectivity index (χ1v) is 7.19. The van der Waals surface area contributed by atoms with E-state index in [1.165, 1.54) is 11.1 Å². The van der Waals surface area contributed by atoms with Gasteiger partial charge in [-0.2, -0.15) is 0 Å². The van der Waals surface area contributed by atoms with Gasteiger partial charge in [0.15, 0.2) is 11.5 Å². The molecule has 2 rings (SSSR count). The first-order chi connectivity index (χ1) is 10.3.